The molecule has 3 unspecified atom stereocenters. The number of nitrogens with zero attached hydrogens (tertiary/aromatic N) is 6. The second-order valence-electron chi connectivity index (χ2n) is 10.8. The van der Waals surface area contributed by atoms with Crippen molar-refractivity contribution in [2.24, 2.45) is 0 Å². The summed E-state index contributed by atoms with van der Waals surface area (Å²) in [5, 5.41) is 11.5. The Morgan fingerprint density at radius 2 is 2.00 bits per heavy atom. The SMILES string of the molecule is CCCCC1(C2CCCc3c(-c4nc(SC)c5c(C)nn(C(C)C6CCN6C)c5n4)noc32)OCCO1. The first-order valence-corrected chi connectivity index (χ1v) is 15.0. The Hall–Kier alpha value is -2.01. The van der Waals surface area contributed by atoms with Gasteiger partial charge in [0.15, 0.2) is 23.0 Å². The summed E-state index contributed by atoms with van der Waals surface area (Å²) in [6.45, 7) is 8.89. The van der Waals surface area contributed by atoms with Crippen LogP contribution in [0.1, 0.15) is 81.3 Å². The highest BCUT2D eigenvalue weighted by Crippen LogP contribution is 2.48. The van der Waals surface area contributed by atoms with Crippen LogP contribution in [0.2, 0.25) is 0 Å². The fourth-order valence-corrected chi connectivity index (χ4v) is 7.10. The molecule has 0 spiro atoms. The van der Waals surface area contributed by atoms with Crippen molar-refractivity contribution in [3.05, 3.63) is 17.0 Å². The molecule has 37 heavy (non-hydrogen) atoms. The van der Waals surface area contributed by atoms with Gasteiger partial charge in [-0.15, -0.1) is 11.8 Å². The molecule has 0 aromatic carbocycles. The monoisotopic (exact) mass is 526 g/mol. The van der Waals surface area contributed by atoms with Crippen LogP contribution in [0.3, 0.4) is 0 Å². The van der Waals surface area contributed by atoms with E-state index < -0.39 is 5.79 Å². The zero-order valence-corrected chi connectivity index (χ0v) is 23.4. The van der Waals surface area contributed by atoms with Crippen LogP contribution in [0.15, 0.2) is 9.55 Å². The first-order chi connectivity index (χ1) is 18.0. The number of fused-ring (bicyclic) bond motifs is 2. The summed E-state index contributed by atoms with van der Waals surface area (Å²) in [4.78, 5) is 12.5. The van der Waals surface area contributed by atoms with Crippen LogP contribution < -0.4 is 0 Å². The Morgan fingerprint density at radius 3 is 2.68 bits per heavy atom. The standard InChI is InChI=1S/C27H38N6O3S/c1-6-7-12-27(34-14-15-35-27)19-10-8-9-18-22(31-36-23(18)19)24-28-25-21(26(29-24)37-5)16(2)30-33(25)17(3)20-11-13-32(20)4/h17,19-20H,6-15H2,1-5H3. The minimum atomic E-state index is -0.614. The van der Waals surface area contributed by atoms with Crippen molar-refractivity contribution >= 4 is 22.8 Å². The lowest BCUT2D eigenvalue weighted by Gasteiger charge is -2.41. The second kappa shape index (κ2) is 9.94. The van der Waals surface area contributed by atoms with Gasteiger partial charge in [0.2, 0.25) is 0 Å². The molecule has 10 heteroatoms. The topological polar surface area (TPSA) is 91.3 Å². The molecule has 5 heterocycles. The lowest BCUT2D eigenvalue weighted by molar-refractivity contribution is -0.186. The zero-order chi connectivity index (χ0) is 25.7. The van der Waals surface area contributed by atoms with E-state index in [2.05, 4.69) is 48.8 Å². The quantitative estimate of drug-likeness (QED) is 0.293. The molecular formula is C27H38N6O3S. The van der Waals surface area contributed by atoms with E-state index in [1.54, 1.807) is 11.8 Å². The van der Waals surface area contributed by atoms with Crippen molar-refractivity contribution in [1.82, 2.24) is 29.8 Å². The third-order valence-corrected chi connectivity index (χ3v) is 9.31. The number of unbranched alkanes of at least 4 members (excludes halogenated alkanes) is 1. The lowest BCUT2D eigenvalue weighted by atomic mass is 9.80. The van der Waals surface area contributed by atoms with Gasteiger partial charge in [-0.2, -0.15) is 5.10 Å². The molecule has 2 saturated heterocycles. The summed E-state index contributed by atoms with van der Waals surface area (Å²) < 4.78 is 20.8. The Balaban J connectivity index is 1.43. The highest BCUT2D eigenvalue weighted by molar-refractivity contribution is 7.98. The van der Waals surface area contributed by atoms with Gasteiger partial charge < -0.3 is 18.9 Å². The Bertz CT molecular complexity index is 1280. The van der Waals surface area contributed by atoms with Crippen LogP contribution in [-0.2, 0) is 15.9 Å². The summed E-state index contributed by atoms with van der Waals surface area (Å²) in [5.41, 5.74) is 3.70. The number of likely N-dealkylation sites (N-methyl/N-ethyl adjacent to an activating group) is 1. The average Bonchev–Trinajstić information content (AvgIpc) is 3.63. The molecule has 0 radical (unpaired) electrons. The molecule has 0 N–H and O–H groups in total. The molecule has 3 atom stereocenters. The number of aryl methyl sites for hydroxylation is 1. The number of thioether (sulfide) groups is 1. The maximum Gasteiger partial charge on any atom is 0.185 e. The van der Waals surface area contributed by atoms with E-state index in [1.807, 2.05) is 0 Å². The van der Waals surface area contributed by atoms with Crippen molar-refractivity contribution in [2.75, 3.05) is 33.1 Å². The number of aromatic nitrogens is 5. The van der Waals surface area contributed by atoms with Crippen LogP contribution in [0, 0.1) is 6.92 Å². The Morgan fingerprint density at radius 1 is 1.19 bits per heavy atom. The van der Waals surface area contributed by atoms with Gasteiger partial charge in [-0.25, -0.2) is 14.6 Å². The van der Waals surface area contributed by atoms with Crippen LogP contribution in [0.25, 0.3) is 22.6 Å². The number of rotatable bonds is 8. The predicted molar refractivity (Wildman–Crippen MR) is 143 cm³/mol. The van der Waals surface area contributed by atoms with Gasteiger partial charge >= 0.3 is 0 Å². The van der Waals surface area contributed by atoms with Gasteiger partial charge in [-0.1, -0.05) is 18.5 Å². The Labute approximate surface area is 222 Å². The molecule has 200 valence electrons. The summed E-state index contributed by atoms with van der Waals surface area (Å²) in [5.74, 6) is 0.936. The summed E-state index contributed by atoms with van der Waals surface area (Å²) in [7, 11) is 2.18. The molecule has 3 aliphatic rings. The zero-order valence-electron chi connectivity index (χ0n) is 22.6. The van der Waals surface area contributed by atoms with Gasteiger partial charge in [-0.3, -0.25) is 0 Å². The first-order valence-electron chi connectivity index (χ1n) is 13.7. The largest absolute Gasteiger partial charge is 0.360 e. The van der Waals surface area contributed by atoms with Crippen LogP contribution in [0.4, 0.5) is 0 Å². The molecule has 9 nitrogen and oxygen atoms in total. The van der Waals surface area contributed by atoms with Crippen molar-refractivity contribution in [1.29, 1.82) is 0 Å². The lowest BCUT2D eigenvalue weighted by Crippen LogP contribution is -2.49. The van der Waals surface area contributed by atoms with Crippen LogP contribution in [0.5, 0.6) is 0 Å². The highest BCUT2D eigenvalue weighted by Gasteiger charge is 2.49. The smallest absolute Gasteiger partial charge is 0.185 e. The molecule has 6 rings (SSSR count). The van der Waals surface area contributed by atoms with E-state index in [0.29, 0.717) is 25.1 Å². The van der Waals surface area contributed by atoms with Crippen molar-refractivity contribution in [3.8, 4) is 11.5 Å². The molecule has 1 aliphatic carbocycles. The minimum absolute atomic E-state index is 0.0391. The van der Waals surface area contributed by atoms with E-state index in [4.69, 9.17) is 29.1 Å². The first kappa shape index (κ1) is 25.3. The number of ether oxygens (including phenoxy) is 2. The van der Waals surface area contributed by atoms with E-state index in [1.165, 1.54) is 6.42 Å². The third kappa shape index (κ3) is 4.11. The van der Waals surface area contributed by atoms with E-state index >= 15 is 0 Å². The normalized spacial score (nSPS) is 24.4. The number of hydrogen-bond donors (Lipinski definition) is 0. The van der Waals surface area contributed by atoms with Crippen molar-refractivity contribution in [3.63, 3.8) is 0 Å². The average molecular weight is 527 g/mol. The maximum atomic E-state index is 6.28. The minimum Gasteiger partial charge on any atom is -0.360 e. The van der Waals surface area contributed by atoms with Crippen molar-refractivity contribution < 1.29 is 14.0 Å². The van der Waals surface area contributed by atoms with Gasteiger partial charge in [-0.05, 0) is 65.8 Å². The van der Waals surface area contributed by atoms with Crippen LogP contribution in [-0.4, -0.2) is 74.7 Å². The molecule has 2 aliphatic heterocycles. The second-order valence-corrected chi connectivity index (χ2v) is 11.6. The Kier molecular flexibility index (Phi) is 6.79. The van der Waals surface area contributed by atoms with Gasteiger partial charge in [0, 0.05) is 18.0 Å². The van der Waals surface area contributed by atoms with Crippen molar-refractivity contribution in [2.45, 2.75) is 94.5 Å². The molecular weight excluding hydrogens is 488 g/mol. The molecule has 0 saturated carbocycles. The summed E-state index contributed by atoms with van der Waals surface area (Å²) >= 11 is 1.63. The van der Waals surface area contributed by atoms with E-state index in [-0.39, 0.29) is 12.0 Å². The highest BCUT2D eigenvalue weighted by atomic mass is 32.2. The maximum absolute atomic E-state index is 6.28. The predicted octanol–water partition coefficient (Wildman–Crippen LogP) is 5.13. The third-order valence-electron chi connectivity index (χ3n) is 8.63. The number of hydrogen-bond acceptors (Lipinski definition) is 9. The molecule has 0 bridgehead atoms. The fraction of sp³-hybridized carbons (Fsp3) is 0.704. The summed E-state index contributed by atoms with van der Waals surface area (Å²) in [6, 6.07) is 0.683. The van der Waals surface area contributed by atoms with Crippen LogP contribution >= 0.6 is 11.8 Å². The molecule has 3 aromatic rings. The molecule has 3 aromatic heterocycles. The molecule has 2 fully saturated rings. The molecule has 0 amide bonds. The van der Waals surface area contributed by atoms with Gasteiger partial charge in [0.25, 0.3) is 0 Å². The fourth-order valence-electron chi connectivity index (χ4n) is 6.48. The summed E-state index contributed by atoms with van der Waals surface area (Å²) in [6.07, 6.45) is 9.16. The van der Waals surface area contributed by atoms with E-state index in [9.17, 15) is 0 Å². The van der Waals surface area contributed by atoms with Gasteiger partial charge in [0.05, 0.1) is 36.3 Å². The van der Waals surface area contributed by atoms with E-state index in [0.717, 1.165) is 83.8 Å². The van der Waals surface area contributed by atoms with Gasteiger partial charge in [0.1, 0.15) is 10.8 Å². The number of likely N-dealkylation sites (tertiary alicyclic amines) is 1.